The first kappa shape index (κ1) is 23.5. The van der Waals surface area contributed by atoms with Gasteiger partial charge in [-0.2, -0.15) is 0 Å². The minimum Gasteiger partial charge on any atom is -0.456 e. The van der Waals surface area contributed by atoms with E-state index in [1.807, 2.05) is 42.6 Å². The van der Waals surface area contributed by atoms with Gasteiger partial charge in [-0.15, -0.1) is 0 Å². The standard InChI is InChI=1S/C39H22N2O3/c1-2-8-24-18-37-31(17-23(24)7-1)39-32(21-40-22-38(39)44-37)41(25-13-15-35-29(19-25)27-9-3-5-11-33(27)42-35)26-14-16-36-30(20-26)28-10-4-6-12-34(28)43-36/h1-22H. The van der Waals surface area contributed by atoms with E-state index in [1.54, 1.807) is 6.20 Å². The fourth-order valence-corrected chi connectivity index (χ4v) is 6.70. The summed E-state index contributed by atoms with van der Waals surface area (Å²) in [4.78, 5) is 6.95. The fourth-order valence-electron chi connectivity index (χ4n) is 6.70. The molecule has 4 heterocycles. The molecule has 44 heavy (non-hydrogen) atoms. The maximum Gasteiger partial charge on any atom is 0.155 e. The molecule has 0 unspecified atom stereocenters. The third-order valence-electron chi connectivity index (χ3n) is 8.71. The molecule has 0 fully saturated rings. The van der Waals surface area contributed by atoms with Crippen LogP contribution < -0.4 is 4.90 Å². The predicted molar refractivity (Wildman–Crippen MR) is 178 cm³/mol. The Morgan fingerprint density at radius 3 is 1.61 bits per heavy atom. The van der Waals surface area contributed by atoms with Gasteiger partial charge in [0.1, 0.15) is 27.9 Å². The second kappa shape index (κ2) is 8.72. The highest BCUT2D eigenvalue weighted by atomic mass is 16.3. The quantitative estimate of drug-likeness (QED) is 0.213. The van der Waals surface area contributed by atoms with Gasteiger partial charge < -0.3 is 18.2 Å². The number of furan rings is 3. The molecule has 0 bridgehead atoms. The number of aromatic nitrogens is 1. The normalized spacial score (nSPS) is 12.1. The van der Waals surface area contributed by atoms with Crippen LogP contribution in [0.1, 0.15) is 0 Å². The number of hydrogen-bond acceptors (Lipinski definition) is 5. The molecule has 5 nitrogen and oxygen atoms in total. The van der Waals surface area contributed by atoms with Crippen molar-refractivity contribution in [2.45, 2.75) is 0 Å². The molecule has 0 N–H and O–H groups in total. The fraction of sp³-hybridized carbons (Fsp3) is 0. The van der Waals surface area contributed by atoms with E-state index in [1.165, 1.54) is 0 Å². The zero-order valence-corrected chi connectivity index (χ0v) is 23.3. The van der Waals surface area contributed by atoms with Crippen molar-refractivity contribution in [1.29, 1.82) is 0 Å². The summed E-state index contributed by atoms with van der Waals surface area (Å²) in [7, 11) is 0. The van der Waals surface area contributed by atoms with Gasteiger partial charge in [0.25, 0.3) is 0 Å². The first-order chi connectivity index (χ1) is 21.8. The van der Waals surface area contributed by atoms with Gasteiger partial charge >= 0.3 is 0 Å². The van der Waals surface area contributed by atoms with Crippen molar-refractivity contribution in [2.24, 2.45) is 0 Å². The minimum atomic E-state index is 0.738. The molecule has 0 saturated carbocycles. The number of fused-ring (bicyclic) bond motifs is 10. The predicted octanol–water partition coefficient (Wildman–Crippen LogP) is 11.4. The molecule has 0 aliphatic rings. The Morgan fingerprint density at radius 1 is 0.409 bits per heavy atom. The highest BCUT2D eigenvalue weighted by molar-refractivity contribution is 6.17. The van der Waals surface area contributed by atoms with Crippen molar-refractivity contribution < 1.29 is 13.3 Å². The van der Waals surface area contributed by atoms with Crippen LogP contribution in [0.15, 0.2) is 147 Å². The Labute approximate surface area is 250 Å². The van der Waals surface area contributed by atoms with Crippen LogP contribution >= 0.6 is 0 Å². The lowest BCUT2D eigenvalue weighted by Crippen LogP contribution is -2.10. The summed E-state index contributed by atoms with van der Waals surface area (Å²) in [5.74, 6) is 0. The van der Waals surface area contributed by atoms with Gasteiger partial charge in [-0.3, -0.25) is 4.98 Å². The van der Waals surface area contributed by atoms with Crippen molar-refractivity contribution >= 4 is 93.7 Å². The van der Waals surface area contributed by atoms with Crippen molar-refractivity contribution in [3.05, 3.63) is 134 Å². The molecule has 5 heteroatoms. The number of nitrogens with zero attached hydrogens (tertiary/aromatic N) is 2. The molecule has 0 radical (unpaired) electrons. The molecule has 0 amide bonds. The summed E-state index contributed by atoms with van der Waals surface area (Å²) in [6.07, 6.45) is 3.74. The third kappa shape index (κ3) is 3.32. The molecule has 10 rings (SSSR count). The van der Waals surface area contributed by atoms with Crippen LogP contribution in [0.2, 0.25) is 0 Å². The van der Waals surface area contributed by atoms with Crippen molar-refractivity contribution in [1.82, 2.24) is 4.98 Å². The lowest BCUT2D eigenvalue weighted by Gasteiger charge is -2.26. The van der Waals surface area contributed by atoms with Crippen molar-refractivity contribution in [2.75, 3.05) is 4.90 Å². The van der Waals surface area contributed by atoms with Crippen molar-refractivity contribution in [3.8, 4) is 0 Å². The first-order valence-electron chi connectivity index (χ1n) is 14.6. The van der Waals surface area contributed by atoms with E-state index in [0.717, 1.165) is 93.7 Å². The smallest absolute Gasteiger partial charge is 0.155 e. The largest absolute Gasteiger partial charge is 0.456 e. The Kier molecular flexibility index (Phi) is 4.66. The summed E-state index contributed by atoms with van der Waals surface area (Å²) >= 11 is 0. The van der Waals surface area contributed by atoms with E-state index in [2.05, 4.69) is 94.8 Å². The Morgan fingerprint density at radius 2 is 0.955 bits per heavy atom. The van der Waals surface area contributed by atoms with Crippen molar-refractivity contribution in [3.63, 3.8) is 0 Å². The van der Waals surface area contributed by atoms with Gasteiger partial charge in [0.2, 0.25) is 0 Å². The third-order valence-corrected chi connectivity index (χ3v) is 8.71. The first-order valence-corrected chi connectivity index (χ1v) is 14.6. The zero-order chi connectivity index (χ0) is 28.8. The van der Waals surface area contributed by atoms with Gasteiger partial charge in [0.05, 0.1) is 23.5 Å². The van der Waals surface area contributed by atoms with Crippen LogP contribution in [-0.4, -0.2) is 4.98 Å². The molecule has 6 aromatic carbocycles. The Hall–Kier alpha value is -6.07. The second-order valence-electron chi connectivity index (χ2n) is 11.2. The molecule has 10 aromatic rings. The zero-order valence-electron chi connectivity index (χ0n) is 23.3. The van der Waals surface area contributed by atoms with Crippen LogP contribution in [0.25, 0.3) is 76.6 Å². The van der Waals surface area contributed by atoms with E-state index < -0.39 is 0 Å². The summed E-state index contributed by atoms with van der Waals surface area (Å²) in [5.41, 5.74) is 7.91. The van der Waals surface area contributed by atoms with Gasteiger partial charge in [-0.25, -0.2) is 0 Å². The maximum atomic E-state index is 6.43. The summed E-state index contributed by atoms with van der Waals surface area (Å²) in [6.45, 7) is 0. The number of anilines is 3. The number of hydrogen-bond donors (Lipinski definition) is 0. The molecule has 0 aliphatic carbocycles. The van der Waals surface area contributed by atoms with E-state index in [0.29, 0.717) is 0 Å². The summed E-state index contributed by atoms with van der Waals surface area (Å²) in [5, 5.41) is 8.63. The lowest BCUT2D eigenvalue weighted by molar-refractivity contribution is 0.667. The highest BCUT2D eigenvalue weighted by Gasteiger charge is 2.22. The van der Waals surface area contributed by atoms with Gasteiger partial charge in [-0.05, 0) is 71.4 Å². The van der Waals surface area contributed by atoms with Crippen LogP contribution in [0.4, 0.5) is 17.1 Å². The molecule has 0 atom stereocenters. The minimum absolute atomic E-state index is 0.738. The highest BCUT2D eigenvalue weighted by Crippen LogP contribution is 2.45. The number of pyridine rings is 1. The number of rotatable bonds is 3. The van der Waals surface area contributed by atoms with Gasteiger partial charge in [0, 0.05) is 38.3 Å². The number of para-hydroxylation sites is 2. The molecule has 0 spiro atoms. The lowest BCUT2D eigenvalue weighted by atomic mass is 10.0. The van der Waals surface area contributed by atoms with E-state index in [4.69, 9.17) is 13.3 Å². The maximum absolute atomic E-state index is 6.43. The van der Waals surface area contributed by atoms with Gasteiger partial charge in [0.15, 0.2) is 5.58 Å². The van der Waals surface area contributed by atoms with Crippen LogP contribution in [-0.2, 0) is 0 Å². The molecule has 0 saturated heterocycles. The average Bonchev–Trinajstić information content (AvgIpc) is 3.74. The Bertz CT molecular complexity index is 2630. The molecule has 4 aromatic heterocycles. The average molecular weight is 567 g/mol. The SMILES string of the molecule is c1ccc2cc3c(cc2c1)oc1cncc(N(c2ccc4oc5ccccc5c4c2)c2ccc4oc5ccccc5c4c2)c13. The molecular formula is C39H22N2O3. The number of benzene rings is 6. The van der Waals surface area contributed by atoms with Crippen LogP contribution in [0.5, 0.6) is 0 Å². The van der Waals surface area contributed by atoms with E-state index in [9.17, 15) is 0 Å². The van der Waals surface area contributed by atoms with Crippen LogP contribution in [0, 0.1) is 0 Å². The molecule has 0 aliphatic heterocycles. The van der Waals surface area contributed by atoms with Crippen LogP contribution in [0.3, 0.4) is 0 Å². The molecular weight excluding hydrogens is 544 g/mol. The van der Waals surface area contributed by atoms with E-state index >= 15 is 0 Å². The monoisotopic (exact) mass is 566 g/mol. The molecule has 206 valence electrons. The Balaban J connectivity index is 1.30. The summed E-state index contributed by atoms with van der Waals surface area (Å²) in [6, 6.07) is 41.8. The van der Waals surface area contributed by atoms with E-state index in [-0.39, 0.29) is 0 Å². The second-order valence-corrected chi connectivity index (χ2v) is 11.2. The van der Waals surface area contributed by atoms with Gasteiger partial charge in [-0.1, -0.05) is 60.7 Å². The topological polar surface area (TPSA) is 55.6 Å². The summed E-state index contributed by atoms with van der Waals surface area (Å²) < 4.78 is 18.8.